The predicted octanol–water partition coefficient (Wildman–Crippen LogP) is 4.22. The molecule has 0 aliphatic carbocycles. The highest BCUT2D eigenvalue weighted by atomic mass is 19.1. The van der Waals surface area contributed by atoms with E-state index in [0.29, 0.717) is 36.3 Å². The van der Waals surface area contributed by atoms with Crippen molar-refractivity contribution in [2.24, 2.45) is 0 Å². The standard InChI is InChI=1S/C25H31FN6O2/c1-25(2)12-18(11-19-4-3-8-32(19)25)29-23-21(26)14-28-24(31-23)30-17-5-6-22(16(10-17)13-27)34-20-7-9-33-15-20/h5-6,10,14,18-20H,3-4,7-9,11-12,15H2,1-2H3,(H2,28,29,30,31). The van der Waals surface area contributed by atoms with Crippen LogP contribution >= 0.6 is 0 Å². The van der Waals surface area contributed by atoms with E-state index in [1.54, 1.807) is 18.2 Å². The van der Waals surface area contributed by atoms with Crippen LogP contribution in [0.4, 0.5) is 21.8 Å². The zero-order chi connectivity index (χ0) is 23.7. The third-order valence-corrected chi connectivity index (χ3v) is 7.08. The summed E-state index contributed by atoms with van der Waals surface area (Å²) in [5.41, 5.74) is 1.11. The Labute approximate surface area is 199 Å². The predicted molar refractivity (Wildman–Crippen MR) is 127 cm³/mol. The number of nitriles is 1. The second-order valence-corrected chi connectivity index (χ2v) is 10.0. The molecule has 5 rings (SSSR count). The first kappa shape index (κ1) is 22.8. The third-order valence-electron chi connectivity index (χ3n) is 7.08. The Morgan fingerprint density at radius 2 is 2.21 bits per heavy atom. The fourth-order valence-corrected chi connectivity index (χ4v) is 5.55. The van der Waals surface area contributed by atoms with Gasteiger partial charge in [0.05, 0.1) is 25.0 Å². The molecule has 2 N–H and O–H groups in total. The second-order valence-electron chi connectivity index (χ2n) is 10.0. The number of rotatable bonds is 6. The van der Waals surface area contributed by atoms with Gasteiger partial charge in [0.2, 0.25) is 5.95 Å². The van der Waals surface area contributed by atoms with Gasteiger partial charge < -0.3 is 20.1 Å². The van der Waals surface area contributed by atoms with E-state index >= 15 is 0 Å². The van der Waals surface area contributed by atoms with Gasteiger partial charge in [0.15, 0.2) is 11.6 Å². The van der Waals surface area contributed by atoms with Crippen molar-refractivity contribution in [1.82, 2.24) is 14.9 Å². The number of aromatic nitrogens is 2. The van der Waals surface area contributed by atoms with Gasteiger partial charge in [-0.25, -0.2) is 9.37 Å². The van der Waals surface area contributed by atoms with E-state index in [4.69, 9.17) is 9.47 Å². The molecule has 34 heavy (non-hydrogen) atoms. The van der Waals surface area contributed by atoms with Crippen molar-refractivity contribution in [2.75, 3.05) is 30.4 Å². The molecule has 3 aliphatic rings. The number of nitrogens with zero attached hydrogens (tertiary/aromatic N) is 4. The molecule has 8 nitrogen and oxygen atoms in total. The van der Waals surface area contributed by atoms with Crippen molar-refractivity contribution in [3.63, 3.8) is 0 Å². The van der Waals surface area contributed by atoms with E-state index in [0.717, 1.165) is 25.8 Å². The Kier molecular flexibility index (Phi) is 6.28. The van der Waals surface area contributed by atoms with Crippen LogP contribution in [0.3, 0.4) is 0 Å². The fraction of sp³-hybridized carbons (Fsp3) is 0.560. The van der Waals surface area contributed by atoms with E-state index in [1.165, 1.54) is 19.0 Å². The number of halogens is 1. The molecule has 4 heterocycles. The number of ether oxygens (including phenoxy) is 2. The fourth-order valence-electron chi connectivity index (χ4n) is 5.55. The minimum Gasteiger partial charge on any atom is -0.487 e. The van der Waals surface area contributed by atoms with Crippen LogP contribution in [-0.2, 0) is 4.74 Å². The summed E-state index contributed by atoms with van der Waals surface area (Å²) < 4.78 is 25.8. The van der Waals surface area contributed by atoms with Gasteiger partial charge in [-0.1, -0.05) is 0 Å². The van der Waals surface area contributed by atoms with Crippen molar-refractivity contribution in [3.05, 3.63) is 35.8 Å². The van der Waals surface area contributed by atoms with Gasteiger partial charge in [-0.15, -0.1) is 0 Å². The molecule has 0 amide bonds. The number of fused-ring (bicyclic) bond motifs is 1. The summed E-state index contributed by atoms with van der Waals surface area (Å²) in [4.78, 5) is 11.1. The molecule has 180 valence electrons. The highest BCUT2D eigenvalue weighted by molar-refractivity contribution is 5.61. The van der Waals surface area contributed by atoms with Gasteiger partial charge in [-0.05, 0) is 64.3 Å². The van der Waals surface area contributed by atoms with Crippen molar-refractivity contribution >= 4 is 17.5 Å². The van der Waals surface area contributed by atoms with Gasteiger partial charge in [-0.3, -0.25) is 4.90 Å². The molecule has 1 aromatic heterocycles. The van der Waals surface area contributed by atoms with Crippen LogP contribution < -0.4 is 15.4 Å². The summed E-state index contributed by atoms with van der Waals surface area (Å²) in [5.74, 6) is 0.513. The summed E-state index contributed by atoms with van der Waals surface area (Å²) in [6, 6.07) is 8.08. The van der Waals surface area contributed by atoms with E-state index < -0.39 is 5.82 Å². The Bertz CT molecular complexity index is 1080. The van der Waals surface area contributed by atoms with Crippen molar-refractivity contribution in [1.29, 1.82) is 5.26 Å². The number of anilines is 3. The molecule has 1 aromatic carbocycles. The number of nitrogens with one attached hydrogen (secondary N) is 2. The molecular formula is C25H31FN6O2. The maximum absolute atomic E-state index is 14.6. The molecule has 9 heteroatoms. The van der Waals surface area contributed by atoms with Gasteiger partial charge in [0, 0.05) is 29.7 Å². The molecule has 3 aliphatic heterocycles. The molecule has 2 aromatic rings. The SMILES string of the molecule is CC1(C)CC(Nc2nc(Nc3ccc(OC4CCOC4)c(C#N)c3)ncc2F)CC2CCCN21. The van der Waals surface area contributed by atoms with Crippen LogP contribution in [0, 0.1) is 17.1 Å². The normalized spacial score (nSPS) is 26.0. The maximum atomic E-state index is 14.6. The minimum absolute atomic E-state index is 0.0407. The zero-order valence-electron chi connectivity index (χ0n) is 19.7. The molecule has 3 atom stereocenters. The minimum atomic E-state index is -0.475. The smallest absolute Gasteiger partial charge is 0.229 e. The lowest BCUT2D eigenvalue weighted by Gasteiger charge is -2.47. The quantitative estimate of drug-likeness (QED) is 0.654. The molecule has 0 spiro atoms. The highest BCUT2D eigenvalue weighted by Gasteiger charge is 2.43. The molecule has 3 unspecified atom stereocenters. The van der Waals surface area contributed by atoms with Gasteiger partial charge in [-0.2, -0.15) is 10.2 Å². The Balaban J connectivity index is 1.29. The van der Waals surface area contributed by atoms with Crippen molar-refractivity contribution in [3.8, 4) is 11.8 Å². The van der Waals surface area contributed by atoms with Crippen LogP contribution in [0.25, 0.3) is 0 Å². The van der Waals surface area contributed by atoms with Crippen LogP contribution in [-0.4, -0.2) is 58.4 Å². The Morgan fingerprint density at radius 1 is 1.32 bits per heavy atom. The van der Waals surface area contributed by atoms with Gasteiger partial charge in [0.25, 0.3) is 0 Å². The molecular weight excluding hydrogens is 435 g/mol. The number of benzene rings is 1. The van der Waals surface area contributed by atoms with Crippen molar-refractivity contribution < 1.29 is 13.9 Å². The average Bonchev–Trinajstić information content (AvgIpc) is 3.49. The summed E-state index contributed by atoms with van der Waals surface area (Å²) in [6.07, 6.45) is 6.26. The highest BCUT2D eigenvalue weighted by Crippen LogP contribution is 2.38. The lowest BCUT2D eigenvalue weighted by Crippen LogP contribution is -2.55. The van der Waals surface area contributed by atoms with Crippen LogP contribution in [0.1, 0.15) is 51.5 Å². The number of hydrogen-bond acceptors (Lipinski definition) is 8. The Morgan fingerprint density at radius 3 is 3.00 bits per heavy atom. The van der Waals surface area contributed by atoms with Crippen LogP contribution in [0.15, 0.2) is 24.4 Å². The van der Waals surface area contributed by atoms with Gasteiger partial charge in [0.1, 0.15) is 17.9 Å². The van der Waals surface area contributed by atoms with Gasteiger partial charge >= 0.3 is 0 Å². The lowest BCUT2D eigenvalue weighted by atomic mass is 9.84. The molecule has 0 bridgehead atoms. The summed E-state index contributed by atoms with van der Waals surface area (Å²) in [5, 5.41) is 16.0. The first-order valence-electron chi connectivity index (χ1n) is 12.0. The largest absolute Gasteiger partial charge is 0.487 e. The monoisotopic (exact) mass is 466 g/mol. The topological polar surface area (TPSA) is 95.3 Å². The number of hydrogen-bond donors (Lipinski definition) is 2. The third kappa shape index (κ3) is 4.79. The summed E-state index contributed by atoms with van der Waals surface area (Å²) >= 11 is 0. The Hall–Kier alpha value is -2.96. The van der Waals surface area contributed by atoms with E-state index in [1.807, 2.05) is 0 Å². The molecule has 3 saturated heterocycles. The summed E-state index contributed by atoms with van der Waals surface area (Å²) in [6.45, 7) is 6.87. The van der Waals surface area contributed by atoms with Crippen molar-refractivity contribution in [2.45, 2.75) is 69.7 Å². The maximum Gasteiger partial charge on any atom is 0.229 e. The average molecular weight is 467 g/mol. The van der Waals surface area contributed by atoms with E-state index in [2.05, 4.69) is 45.4 Å². The number of piperidine rings is 1. The molecule has 0 radical (unpaired) electrons. The summed E-state index contributed by atoms with van der Waals surface area (Å²) in [7, 11) is 0. The lowest BCUT2D eigenvalue weighted by molar-refractivity contribution is 0.0500. The first-order chi connectivity index (χ1) is 16.4. The zero-order valence-corrected chi connectivity index (χ0v) is 19.7. The van der Waals surface area contributed by atoms with E-state index in [9.17, 15) is 9.65 Å². The van der Waals surface area contributed by atoms with Crippen LogP contribution in [0.2, 0.25) is 0 Å². The molecule has 3 fully saturated rings. The molecule has 0 saturated carbocycles. The second kappa shape index (κ2) is 9.35. The van der Waals surface area contributed by atoms with E-state index in [-0.39, 0.29) is 29.5 Å². The first-order valence-corrected chi connectivity index (χ1v) is 12.0. The van der Waals surface area contributed by atoms with Crippen LogP contribution in [0.5, 0.6) is 5.75 Å².